The van der Waals surface area contributed by atoms with Crippen LogP contribution in [0.25, 0.3) is 0 Å². The Balaban J connectivity index is 3.95. The second kappa shape index (κ2) is 64.7. The zero-order valence-corrected chi connectivity index (χ0v) is 55.1. The van der Waals surface area contributed by atoms with E-state index in [1.165, 1.54) is 212 Å². The molecule has 0 aromatic carbocycles. The number of esters is 2. The van der Waals surface area contributed by atoms with E-state index in [4.69, 9.17) is 18.9 Å². The highest BCUT2D eigenvalue weighted by molar-refractivity contribution is 5.70. The molecule has 0 aliphatic carbocycles. The molecule has 0 heterocycles. The Kier molecular flexibility index (Phi) is 62.2. The number of hydrogen-bond acceptors (Lipinski definition) is 8. The molecule has 2 atom stereocenters. The molecule has 9 heteroatoms. The van der Waals surface area contributed by atoms with E-state index in [-0.39, 0.29) is 38.6 Å². The first-order chi connectivity index (χ1) is 40.6. The van der Waals surface area contributed by atoms with Crippen LogP contribution in [0.3, 0.4) is 0 Å². The Morgan fingerprint density at radius 1 is 0.373 bits per heavy atom. The zero-order valence-electron chi connectivity index (χ0n) is 55.1. The van der Waals surface area contributed by atoms with Crippen LogP contribution in [0.15, 0.2) is 72.9 Å². The predicted octanol–water partition coefficient (Wildman–Crippen LogP) is 20.4. The number of ether oxygens (including phenoxy) is 4. The number of unbranched alkanes of at least 4 members (excludes halogenated alkanes) is 38. The molecule has 0 radical (unpaired) electrons. The summed E-state index contributed by atoms with van der Waals surface area (Å²) in [4.78, 5) is 37.4. The molecule has 0 bridgehead atoms. The van der Waals surface area contributed by atoms with Gasteiger partial charge in [-0.05, 0) is 83.5 Å². The van der Waals surface area contributed by atoms with Gasteiger partial charge in [0.25, 0.3) is 0 Å². The van der Waals surface area contributed by atoms with Gasteiger partial charge in [-0.1, -0.05) is 299 Å². The molecule has 0 saturated carbocycles. The molecule has 0 amide bonds. The van der Waals surface area contributed by atoms with E-state index in [2.05, 4.69) is 86.8 Å². The van der Waals surface area contributed by atoms with Crippen molar-refractivity contribution in [1.29, 1.82) is 0 Å². The van der Waals surface area contributed by atoms with Gasteiger partial charge in [0.2, 0.25) is 0 Å². The highest BCUT2D eigenvalue weighted by atomic mass is 16.7. The number of rotatable bonds is 65. The van der Waals surface area contributed by atoms with Gasteiger partial charge in [0, 0.05) is 12.8 Å². The summed E-state index contributed by atoms with van der Waals surface area (Å²) in [5.41, 5.74) is 0. The molecule has 83 heavy (non-hydrogen) atoms. The van der Waals surface area contributed by atoms with Gasteiger partial charge < -0.3 is 33.3 Å². The number of carboxylic acids is 1. The first-order valence-electron chi connectivity index (χ1n) is 35.1. The van der Waals surface area contributed by atoms with Crippen LogP contribution >= 0.6 is 0 Å². The molecule has 0 aliphatic rings. The van der Waals surface area contributed by atoms with Crippen LogP contribution in [0.2, 0.25) is 0 Å². The smallest absolute Gasteiger partial charge is 0.306 e. The van der Waals surface area contributed by atoms with E-state index >= 15 is 0 Å². The normalized spacial score (nSPS) is 13.1. The maximum atomic E-state index is 12.9. The number of aliphatic carboxylic acids is 1. The minimum atomic E-state index is -1.62. The van der Waals surface area contributed by atoms with E-state index in [9.17, 15) is 19.5 Å². The summed E-state index contributed by atoms with van der Waals surface area (Å²) in [6.07, 6.45) is 82.9. The van der Waals surface area contributed by atoms with Crippen molar-refractivity contribution in [1.82, 2.24) is 0 Å². The highest BCUT2D eigenvalue weighted by Gasteiger charge is 2.22. The summed E-state index contributed by atoms with van der Waals surface area (Å²) < 4.78 is 22.8. The quantitative estimate of drug-likeness (QED) is 0.0195. The molecule has 0 saturated heterocycles. The third-order valence-electron chi connectivity index (χ3n) is 15.4. The summed E-state index contributed by atoms with van der Waals surface area (Å²) in [5, 5.41) is 11.8. The topological polar surface area (TPSA) is 111 Å². The van der Waals surface area contributed by atoms with Crippen molar-refractivity contribution in [3.63, 3.8) is 0 Å². The minimum absolute atomic E-state index is 0.146. The van der Waals surface area contributed by atoms with Crippen molar-refractivity contribution in [2.24, 2.45) is 0 Å². The maximum absolute atomic E-state index is 12.9. The fourth-order valence-electron chi connectivity index (χ4n) is 10.1. The number of carbonyl (C=O) groups is 3. The Morgan fingerprint density at radius 2 is 0.687 bits per heavy atom. The molecule has 9 nitrogen and oxygen atoms in total. The van der Waals surface area contributed by atoms with Crippen LogP contribution in [-0.2, 0) is 33.3 Å². The van der Waals surface area contributed by atoms with E-state index in [0.29, 0.717) is 17.4 Å². The first-order valence-corrected chi connectivity index (χ1v) is 35.1. The third-order valence-corrected chi connectivity index (χ3v) is 15.4. The molecule has 0 N–H and O–H groups in total. The van der Waals surface area contributed by atoms with Crippen molar-refractivity contribution in [2.45, 2.75) is 334 Å². The molecular formula is C74H133NO8. The lowest BCUT2D eigenvalue weighted by atomic mass is 10.0. The fraction of sp³-hybridized carbons (Fsp3) is 0.797. The minimum Gasteiger partial charge on any atom is -0.545 e. The van der Waals surface area contributed by atoms with Crippen LogP contribution < -0.4 is 5.11 Å². The largest absolute Gasteiger partial charge is 0.545 e. The predicted molar refractivity (Wildman–Crippen MR) is 352 cm³/mol. The third kappa shape index (κ3) is 66.1. The summed E-state index contributed by atoms with van der Waals surface area (Å²) in [5.74, 6) is -2.28. The van der Waals surface area contributed by atoms with Gasteiger partial charge >= 0.3 is 11.9 Å². The lowest BCUT2D eigenvalue weighted by Gasteiger charge is -2.26. The molecular weight excluding hydrogens is 1030 g/mol. The van der Waals surface area contributed by atoms with Crippen LogP contribution in [0.5, 0.6) is 0 Å². The van der Waals surface area contributed by atoms with Gasteiger partial charge in [-0.2, -0.15) is 0 Å². The van der Waals surface area contributed by atoms with Crippen molar-refractivity contribution in [2.75, 3.05) is 47.5 Å². The van der Waals surface area contributed by atoms with Gasteiger partial charge in [0.1, 0.15) is 13.2 Å². The van der Waals surface area contributed by atoms with Crippen molar-refractivity contribution in [3.8, 4) is 0 Å². The summed E-state index contributed by atoms with van der Waals surface area (Å²) >= 11 is 0. The van der Waals surface area contributed by atoms with E-state index in [0.717, 1.165) is 77.0 Å². The number of quaternary nitrogens is 1. The number of carbonyl (C=O) groups excluding carboxylic acids is 3. The average molecular weight is 1160 g/mol. The lowest BCUT2D eigenvalue weighted by molar-refractivity contribution is -0.870. The Morgan fingerprint density at radius 3 is 1.02 bits per heavy atom. The van der Waals surface area contributed by atoms with Crippen LogP contribution in [-0.4, -0.2) is 82.3 Å². The molecule has 0 aliphatic heterocycles. The summed E-state index contributed by atoms with van der Waals surface area (Å²) in [6, 6.07) is 0. The van der Waals surface area contributed by atoms with Crippen LogP contribution in [0.4, 0.5) is 0 Å². The molecule has 0 aromatic rings. The Labute approximate surface area is 513 Å². The van der Waals surface area contributed by atoms with Crippen LogP contribution in [0.1, 0.15) is 322 Å². The van der Waals surface area contributed by atoms with Gasteiger partial charge in [-0.3, -0.25) is 9.59 Å². The van der Waals surface area contributed by atoms with E-state index in [1.807, 2.05) is 21.1 Å². The van der Waals surface area contributed by atoms with Crippen molar-refractivity contribution < 1.29 is 42.9 Å². The van der Waals surface area contributed by atoms with E-state index in [1.54, 1.807) is 0 Å². The SMILES string of the molecule is CC/C=C\C/C=C\C/C=C\CCCCCCCCCC(=O)OCC(COC(OCC[N+](C)(C)C)C(=O)[O-])OC(=O)CCCCCCCCCCCCCCCCCCCCCCCCCCCC/C=C\C/C=C\C/C=C\CCCCCCC. The molecule has 0 aromatic heterocycles. The number of allylic oxidation sites excluding steroid dienone is 12. The number of hydrogen-bond donors (Lipinski definition) is 0. The monoisotopic (exact) mass is 1160 g/mol. The molecule has 2 unspecified atom stereocenters. The molecule has 0 rings (SSSR count). The molecule has 0 spiro atoms. The standard InChI is InChI=1S/C74H133NO8/c1-6-8-10-12-14-16-18-20-22-24-25-26-27-28-29-30-31-32-33-34-35-36-37-38-39-40-41-42-43-44-45-46-47-49-51-53-55-57-59-61-63-65-72(77)83-70(69-82-74(73(78)79)80-67-66-75(3,4)5)68-81-71(76)64-62-60-58-56-54-52-50-48-23-21-19-17-15-13-11-9-7-2/h9,11,15,17-18,20-21,23-25,27-28,70,74H,6-8,10,12-14,16,19,22,26,29-69H2,1-5H3/b11-9-,17-15-,20-18-,23-21-,25-24-,28-27-. The summed E-state index contributed by atoms with van der Waals surface area (Å²) in [7, 11) is 5.93. The lowest BCUT2D eigenvalue weighted by Crippen LogP contribution is -2.44. The fourth-order valence-corrected chi connectivity index (χ4v) is 10.1. The average Bonchev–Trinajstić information content (AvgIpc) is 3.47. The summed E-state index contributed by atoms with van der Waals surface area (Å²) in [6.45, 7) is 4.64. The molecule has 482 valence electrons. The van der Waals surface area contributed by atoms with Crippen LogP contribution in [0, 0.1) is 0 Å². The molecule has 0 fully saturated rings. The van der Waals surface area contributed by atoms with E-state index < -0.39 is 24.3 Å². The van der Waals surface area contributed by atoms with Gasteiger partial charge in [-0.25, -0.2) is 0 Å². The first kappa shape index (κ1) is 79.7. The van der Waals surface area contributed by atoms with Crippen molar-refractivity contribution >= 4 is 17.9 Å². The Bertz CT molecular complexity index is 1590. The zero-order chi connectivity index (χ0) is 60.5. The second-order valence-corrected chi connectivity index (χ2v) is 24.8. The van der Waals surface area contributed by atoms with Gasteiger partial charge in [0.15, 0.2) is 12.4 Å². The Hall–Kier alpha value is -3.27. The van der Waals surface area contributed by atoms with Gasteiger partial charge in [-0.15, -0.1) is 0 Å². The maximum Gasteiger partial charge on any atom is 0.306 e. The van der Waals surface area contributed by atoms with Crippen molar-refractivity contribution in [3.05, 3.63) is 72.9 Å². The van der Waals surface area contributed by atoms with Gasteiger partial charge in [0.05, 0.1) is 40.3 Å². The number of carboxylic acid groups (broad SMARTS) is 1. The second-order valence-electron chi connectivity index (χ2n) is 24.8. The number of nitrogens with zero attached hydrogens (tertiary/aromatic N) is 1. The highest BCUT2D eigenvalue weighted by Crippen LogP contribution is 2.18. The number of likely N-dealkylation sites (N-methyl/N-ethyl adjacent to an activating group) is 1.